The van der Waals surface area contributed by atoms with Crippen LogP contribution in [0.1, 0.15) is 125 Å². The summed E-state index contributed by atoms with van der Waals surface area (Å²) in [7, 11) is 0. The van der Waals surface area contributed by atoms with Crippen molar-refractivity contribution in [2.75, 3.05) is 0 Å². The van der Waals surface area contributed by atoms with Crippen molar-refractivity contribution in [2.45, 2.75) is 139 Å². The molecule has 0 saturated heterocycles. The number of rotatable bonds is 7. The monoisotopic (exact) mass is 711 g/mol. The molecule has 0 aliphatic heterocycles. The molecule has 282 valence electrons. The van der Waals surface area contributed by atoms with Crippen LogP contribution < -0.4 is 11.6 Å². The Hall–Kier alpha value is -3.21. The Morgan fingerprint density at radius 1 is 0.961 bits per heavy atom. The van der Waals surface area contributed by atoms with Crippen molar-refractivity contribution in [3.63, 3.8) is 0 Å². The van der Waals surface area contributed by atoms with Crippen LogP contribution in [0.3, 0.4) is 0 Å². The van der Waals surface area contributed by atoms with E-state index in [9.17, 15) is 29.1 Å². The van der Waals surface area contributed by atoms with Gasteiger partial charge >= 0.3 is 23.7 Å². The fourth-order valence-electron chi connectivity index (χ4n) is 11.8. The van der Waals surface area contributed by atoms with Gasteiger partial charge in [0.1, 0.15) is 17.6 Å². The topological polar surface area (TPSA) is 176 Å². The van der Waals surface area contributed by atoms with E-state index >= 15 is 0 Å². The molecule has 3 N–H and O–H groups in total. The Balaban J connectivity index is 1.40. The minimum absolute atomic E-state index is 0.00894. The molecule has 11 heteroatoms. The Kier molecular flexibility index (Phi) is 8.96. The van der Waals surface area contributed by atoms with Crippen molar-refractivity contribution in [3.8, 4) is 0 Å². The van der Waals surface area contributed by atoms with E-state index in [0.717, 1.165) is 24.8 Å². The van der Waals surface area contributed by atoms with Gasteiger partial charge < -0.3 is 29.1 Å². The number of hydrogen-bond acceptors (Lipinski definition) is 10. The number of hydrogen-bond donors (Lipinski definition) is 2. The van der Waals surface area contributed by atoms with Crippen LogP contribution in [0.25, 0.3) is 0 Å². The van der Waals surface area contributed by atoms with Crippen LogP contribution >= 0.6 is 0 Å². The van der Waals surface area contributed by atoms with Crippen LogP contribution in [0.2, 0.25) is 0 Å². The zero-order chi connectivity index (χ0) is 37.7. The summed E-state index contributed by atoms with van der Waals surface area (Å²) in [5, 5.41) is 10.2. The van der Waals surface area contributed by atoms with E-state index in [1.165, 1.54) is 0 Å². The second-order valence-corrected chi connectivity index (χ2v) is 18.6. The average Bonchev–Trinajstić information content (AvgIpc) is 3.38. The standard InChI is InChI=1S/C40H57NO10/c1-21(2)29(41)31(43)51-28-11-12-37(6)27(40(28,9)33(46)48-20-26-22(3)49-34(47)50-26)10-13-39(8)30(37)25(42)18-23-24-19-36(5,32(44)45)15-14-35(24,4)16-17-38(23,39)7/h18,21,24,27-30H,10-17,19-20,41H2,1-9H3,(H,44,45)/t24-,27+,28-,29-,30+,35+,36-,37-,38+,39+,40-/m0/s1. The lowest BCUT2D eigenvalue weighted by atomic mass is 9.33. The first-order valence-electron chi connectivity index (χ1n) is 18.8. The summed E-state index contributed by atoms with van der Waals surface area (Å²) < 4.78 is 22.1. The first kappa shape index (κ1) is 37.5. The second kappa shape index (κ2) is 12.2. The maximum atomic E-state index is 14.9. The lowest BCUT2D eigenvalue weighted by Crippen LogP contribution is -2.68. The molecule has 0 amide bonds. The third-order valence-electron chi connectivity index (χ3n) is 15.6. The first-order chi connectivity index (χ1) is 23.6. The minimum Gasteiger partial charge on any atom is -0.481 e. The van der Waals surface area contributed by atoms with Gasteiger partial charge in [0, 0.05) is 5.92 Å². The van der Waals surface area contributed by atoms with Crippen LogP contribution in [0.4, 0.5) is 0 Å². The highest BCUT2D eigenvalue weighted by Gasteiger charge is 2.72. The number of nitrogens with two attached hydrogens (primary N) is 1. The minimum atomic E-state index is -1.35. The summed E-state index contributed by atoms with van der Waals surface area (Å²) in [5.74, 6) is -3.52. The number of ether oxygens (including phenoxy) is 2. The summed E-state index contributed by atoms with van der Waals surface area (Å²) in [6.07, 6.45) is 6.96. The number of carboxylic acid groups (broad SMARTS) is 1. The molecule has 0 aromatic carbocycles. The molecule has 11 atom stereocenters. The molecule has 1 aromatic rings. The van der Waals surface area contributed by atoms with Crippen molar-refractivity contribution in [1.29, 1.82) is 0 Å². The Labute approximate surface area is 300 Å². The molecule has 4 saturated carbocycles. The molecule has 1 heterocycles. The van der Waals surface area contributed by atoms with E-state index in [1.807, 2.05) is 26.8 Å². The van der Waals surface area contributed by atoms with Gasteiger partial charge in [0.15, 0.2) is 23.9 Å². The Morgan fingerprint density at radius 3 is 2.24 bits per heavy atom. The molecule has 6 rings (SSSR count). The van der Waals surface area contributed by atoms with E-state index in [-0.39, 0.29) is 46.6 Å². The van der Waals surface area contributed by atoms with Crippen molar-refractivity contribution >= 4 is 23.7 Å². The molecule has 0 spiro atoms. The molecular weight excluding hydrogens is 654 g/mol. The number of ketones is 1. The molecule has 1 aromatic heterocycles. The summed E-state index contributed by atoms with van der Waals surface area (Å²) in [4.78, 5) is 66.9. The summed E-state index contributed by atoms with van der Waals surface area (Å²) in [5.41, 5.74) is 3.60. The lowest BCUT2D eigenvalue weighted by molar-refractivity contribution is -0.225. The zero-order valence-corrected chi connectivity index (χ0v) is 31.8. The normalized spacial score (nSPS) is 42.4. The SMILES string of the molecule is Cc1oc(=O)oc1COC(=O)[C@]1(C)[C@@H](OC(=O)[C@@H](N)C(C)C)CC[C@@]2(C)[C@H]1CC[C@]1(C)[C@@H]2C(=O)C=C2[C@@H]3C[C@@](C)(C(=O)O)CC[C@]3(C)CC[C@]21C. The van der Waals surface area contributed by atoms with E-state index < -0.39 is 69.4 Å². The van der Waals surface area contributed by atoms with E-state index in [4.69, 9.17) is 24.0 Å². The van der Waals surface area contributed by atoms with Gasteiger partial charge in [0.2, 0.25) is 0 Å². The highest BCUT2D eigenvalue weighted by atomic mass is 16.6. The van der Waals surface area contributed by atoms with Gasteiger partial charge in [-0.25, -0.2) is 4.79 Å². The van der Waals surface area contributed by atoms with Crippen molar-refractivity contribution < 1.29 is 42.6 Å². The number of esters is 2. The van der Waals surface area contributed by atoms with Crippen LogP contribution in [-0.2, 0) is 35.3 Å². The summed E-state index contributed by atoms with van der Waals surface area (Å²) in [6, 6.07) is -0.876. The van der Waals surface area contributed by atoms with Gasteiger partial charge in [-0.1, -0.05) is 47.1 Å². The number of carbonyl (C=O) groups excluding carboxylic acids is 3. The van der Waals surface area contributed by atoms with E-state index in [2.05, 4.69) is 27.7 Å². The first-order valence-corrected chi connectivity index (χ1v) is 18.8. The Morgan fingerprint density at radius 2 is 1.63 bits per heavy atom. The van der Waals surface area contributed by atoms with E-state index in [1.54, 1.807) is 13.8 Å². The average molecular weight is 712 g/mol. The predicted octanol–water partition coefficient (Wildman–Crippen LogP) is 6.52. The Bertz CT molecular complexity index is 1720. The number of allylic oxidation sites excluding steroid dienone is 2. The molecule has 0 unspecified atom stereocenters. The maximum absolute atomic E-state index is 14.9. The van der Waals surface area contributed by atoms with Crippen LogP contribution in [0, 0.1) is 63.1 Å². The van der Waals surface area contributed by atoms with Crippen LogP contribution in [0.15, 0.2) is 25.3 Å². The molecule has 51 heavy (non-hydrogen) atoms. The molecule has 11 nitrogen and oxygen atoms in total. The van der Waals surface area contributed by atoms with Crippen LogP contribution in [0.5, 0.6) is 0 Å². The molecule has 5 aliphatic rings. The molecular formula is C40H57NO10. The highest BCUT2D eigenvalue weighted by Crippen LogP contribution is 2.75. The van der Waals surface area contributed by atoms with Gasteiger partial charge in [0.05, 0.1) is 5.41 Å². The molecule has 4 fully saturated rings. The van der Waals surface area contributed by atoms with Crippen molar-refractivity contribution in [1.82, 2.24) is 0 Å². The smallest absolute Gasteiger partial charge is 0.481 e. The fraction of sp³-hybridized carbons (Fsp3) is 0.775. The third kappa shape index (κ3) is 5.40. The number of carbonyl (C=O) groups is 4. The lowest BCUT2D eigenvalue weighted by Gasteiger charge is -2.70. The van der Waals surface area contributed by atoms with Crippen molar-refractivity contribution in [2.24, 2.45) is 61.9 Å². The number of fused-ring (bicyclic) bond motifs is 7. The van der Waals surface area contributed by atoms with Crippen LogP contribution in [-0.4, -0.2) is 40.9 Å². The van der Waals surface area contributed by atoms with Gasteiger partial charge in [-0.05, 0) is 124 Å². The van der Waals surface area contributed by atoms with Gasteiger partial charge in [-0.2, -0.15) is 0 Å². The number of aryl methyl sites for hydroxylation is 1. The number of carboxylic acids is 1. The third-order valence-corrected chi connectivity index (χ3v) is 15.6. The number of aliphatic carboxylic acids is 1. The molecule has 0 radical (unpaired) electrons. The van der Waals surface area contributed by atoms with Gasteiger partial charge in [-0.3, -0.25) is 19.2 Å². The van der Waals surface area contributed by atoms with E-state index in [0.29, 0.717) is 38.5 Å². The summed E-state index contributed by atoms with van der Waals surface area (Å²) >= 11 is 0. The maximum Gasteiger partial charge on any atom is 0.519 e. The fourth-order valence-corrected chi connectivity index (χ4v) is 11.8. The summed E-state index contributed by atoms with van der Waals surface area (Å²) in [6.45, 7) is 17.5. The molecule has 5 aliphatic carbocycles. The van der Waals surface area contributed by atoms with Crippen molar-refractivity contribution in [3.05, 3.63) is 33.8 Å². The van der Waals surface area contributed by atoms with Gasteiger partial charge in [0.25, 0.3) is 0 Å². The highest BCUT2D eigenvalue weighted by molar-refractivity contribution is 5.96. The quantitative estimate of drug-likeness (QED) is 0.294. The second-order valence-electron chi connectivity index (χ2n) is 18.6. The zero-order valence-electron chi connectivity index (χ0n) is 31.8. The predicted molar refractivity (Wildman–Crippen MR) is 186 cm³/mol. The molecule has 0 bridgehead atoms. The largest absolute Gasteiger partial charge is 0.519 e. The van der Waals surface area contributed by atoms with Gasteiger partial charge in [-0.15, -0.1) is 0 Å².